The van der Waals surface area contributed by atoms with Gasteiger partial charge in [-0.05, 0) is 36.1 Å². The van der Waals surface area contributed by atoms with Gasteiger partial charge in [-0.1, -0.05) is 79.7 Å². The zero-order chi connectivity index (χ0) is 25.9. The van der Waals surface area contributed by atoms with Crippen molar-refractivity contribution in [2.45, 2.75) is 48.2 Å². The van der Waals surface area contributed by atoms with Crippen molar-refractivity contribution in [2.24, 2.45) is 0 Å². The van der Waals surface area contributed by atoms with Crippen LogP contribution in [0.1, 0.15) is 48.0 Å². The van der Waals surface area contributed by atoms with Gasteiger partial charge in [-0.2, -0.15) is 11.8 Å². The van der Waals surface area contributed by atoms with Crippen molar-refractivity contribution in [1.82, 2.24) is 10.3 Å². The molecule has 0 aliphatic carbocycles. The molecule has 4 aromatic rings. The number of unbranched alkanes of at least 4 members (excludes halogenated alkanes) is 1. The smallest absolute Gasteiger partial charge is 0.264 e. The van der Waals surface area contributed by atoms with Crippen LogP contribution in [-0.2, 0) is 16.3 Å². The third-order valence-electron chi connectivity index (χ3n) is 5.98. The van der Waals surface area contributed by atoms with E-state index < -0.39 is 0 Å². The molecule has 0 aliphatic rings. The Morgan fingerprint density at radius 3 is 2.14 bits per heavy atom. The van der Waals surface area contributed by atoms with Gasteiger partial charge in [0.2, 0.25) is 11.7 Å². The fourth-order valence-corrected chi connectivity index (χ4v) is 6.38. The van der Waals surface area contributed by atoms with Gasteiger partial charge in [0.15, 0.2) is 5.58 Å². The third kappa shape index (κ3) is 8.23. The Kier molecular flexibility index (Phi) is 10.3. The summed E-state index contributed by atoms with van der Waals surface area (Å²) in [5.74, 6) is 1.76. The van der Waals surface area contributed by atoms with Crippen molar-refractivity contribution >= 4 is 46.3 Å². The lowest BCUT2D eigenvalue weighted by Gasteiger charge is -2.23. The maximum atomic E-state index is 13.2. The second-order valence-electron chi connectivity index (χ2n) is 8.88. The molecule has 3 aromatic carbocycles. The molecule has 192 valence electrons. The van der Waals surface area contributed by atoms with Crippen molar-refractivity contribution < 1.29 is 14.0 Å². The average molecular weight is 533 g/mol. The number of para-hydroxylation sites is 2. The third-order valence-corrected chi connectivity index (χ3v) is 8.93. The van der Waals surface area contributed by atoms with Gasteiger partial charge in [0.05, 0.1) is 5.25 Å². The number of aromatic nitrogens is 1. The number of oxazole rings is 1. The number of fused-ring (bicyclic) bond motifs is 1. The molecule has 37 heavy (non-hydrogen) atoms. The molecule has 0 bridgehead atoms. The molecule has 1 aromatic heterocycles. The van der Waals surface area contributed by atoms with E-state index in [1.165, 1.54) is 11.1 Å². The lowest BCUT2D eigenvalue weighted by atomic mass is 10.1. The Bertz CT molecular complexity index is 1240. The minimum Gasteiger partial charge on any atom is -0.434 e. The summed E-state index contributed by atoms with van der Waals surface area (Å²) in [6, 6.07) is 28.0. The topological polar surface area (TPSA) is 72.2 Å². The van der Waals surface area contributed by atoms with Crippen LogP contribution in [0.4, 0.5) is 0 Å². The maximum absolute atomic E-state index is 13.2. The number of amides is 1. The Morgan fingerprint density at radius 1 is 0.838 bits per heavy atom. The average Bonchev–Trinajstić information content (AvgIpc) is 3.37. The monoisotopic (exact) mass is 532 g/mol. The van der Waals surface area contributed by atoms with Crippen LogP contribution in [-0.4, -0.2) is 33.7 Å². The molecule has 1 amide bonds. The van der Waals surface area contributed by atoms with Crippen LogP contribution < -0.4 is 5.32 Å². The fourth-order valence-electron chi connectivity index (χ4n) is 3.90. The van der Waals surface area contributed by atoms with Gasteiger partial charge in [0, 0.05) is 29.7 Å². The van der Waals surface area contributed by atoms with Gasteiger partial charge in [-0.25, -0.2) is 4.98 Å². The molecular formula is C30H32N2O3S2. The van der Waals surface area contributed by atoms with Crippen LogP contribution in [0.25, 0.3) is 11.1 Å². The van der Waals surface area contributed by atoms with E-state index in [0.29, 0.717) is 30.5 Å². The lowest BCUT2D eigenvalue weighted by molar-refractivity contribution is -0.120. The standard InChI is InChI=1S/C30H32N2O3S2/c1-22(36-20-23-12-4-2-5-13-23)28(37-21-24-14-6-3-7-15-24)29(34)31-19-11-10-17-26(33)30-32-25-16-8-9-18-27(25)35-30/h2-9,12-16,18,22,28H,10-11,17,19-21H2,1H3,(H,31,34). The number of Topliss-reactive ketones (excluding diaryl/α,β-unsaturated/α-hetero) is 1. The molecule has 2 unspecified atom stereocenters. The van der Waals surface area contributed by atoms with Gasteiger partial charge < -0.3 is 9.73 Å². The molecule has 4 rings (SSSR count). The fraction of sp³-hybridized carbons (Fsp3) is 0.300. The van der Waals surface area contributed by atoms with E-state index in [9.17, 15) is 9.59 Å². The summed E-state index contributed by atoms with van der Waals surface area (Å²) in [4.78, 5) is 29.9. The van der Waals surface area contributed by atoms with E-state index in [1.54, 1.807) is 29.6 Å². The van der Waals surface area contributed by atoms with Crippen LogP contribution in [0.15, 0.2) is 89.3 Å². The van der Waals surface area contributed by atoms with Crippen LogP contribution in [0.3, 0.4) is 0 Å². The number of nitrogens with zero attached hydrogens (tertiary/aromatic N) is 1. The first-order valence-corrected chi connectivity index (χ1v) is 14.7. The summed E-state index contributed by atoms with van der Waals surface area (Å²) in [5.41, 5.74) is 3.78. The molecule has 0 radical (unpaired) electrons. The van der Waals surface area contributed by atoms with Gasteiger partial charge in [0.1, 0.15) is 5.52 Å². The predicted molar refractivity (Wildman–Crippen MR) is 154 cm³/mol. The minimum atomic E-state index is -0.171. The van der Waals surface area contributed by atoms with Crippen LogP contribution in [0.5, 0.6) is 0 Å². The van der Waals surface area contributed by atoms with E-state index in [1.807, 2.05) is 54.6 Å². The van der Waals surface area contributed by atoms with Crippen molar-refractivity contribution in [2.75, 3.05) is 6.54 Å². The summed E-state index contributed by atoms with van der Waals surface area (Å²) in [7, 11) is 0. The van der Waals surface area contributed by atoms with Crippen molar-refractivity contribution in [3.8, 4) is 0 Å². The van der Waals surface area contributed by atoms with Gasteiger partial charge in [-0.3, -0.25) is 9.59 Å². The van der Waals surface area contributed by atoms with Crippen LogP contribution in [0, 0.1) is 0 Å². The number of benzene rings is 3. The molecule has 0 aliphatic heterocycles. The Labute approximate surface area is 226 Å². The summed E-state index contributed by atoms with van der Waals surface area (Å²) in [5, 5.41) is 3.09. The van der Waals surface area contributed by atoms with Crippen molar-refractivity contribution in [3.63, 3.8) is 0 Å². The second-order valence-corrected chi connectivity index (χ2v) is 11.4. The quantitative estimate of drug-likeness (QED) is 0.140. The minimum absolute atomic E-state index is 0.0549. The zero-order valence-corrected chi connectivity index (χ0v) is 22.6. The van der Waals surface area contributed by atoms with E-state index in [-0.39, 0.29) is 28.1 Å². The lowest BCUT2D eigenvalue weighted by Crippen LogP contribution is -2.38. The highest BCUT2D eigenvalue weighted by atomic mass is 32.2. The van der Waals surface area contributed by atoms with E-state index >= 15 is 0 Å². The van der Waals surface area contributed by atoms with E-state index in [0.717, 1.165) is 17.9 Å². The summed E-state index contributed by atoms with van der Waals surface area (Å²) >= 11 is 3.49. The highest BCUT2D eigenvalue weighted by Crippen LogP contribution is 2.29. The number of nitrogens with one attached hydrogen (secondary N) is 1. The normalized spacial score (nSPS) is 12.8. The zero-order valence-electron chi connectivity index (χ0n) is 21.0. The first-order valence-electron chi connectivity index (χ1n) is 12.6. The molecule has 7 heteroatoms. The number of hydrogen-bond donors (Lipinski definition) is 1. The van der Waals surface area contributed by atoms with E-state index in [2.05, 4.69) is 41.5 Å². The van der Waals surface area contributed by atoms with Gasteiger partial charge >= 0.3 is 0 Å². The van der Waals surface area contributed by atoms with Gasteiger partial charge in [-0.15, -0.1) is 11.8 Å². The van der Waals surface area contributed by atoms with Crippen molar-refractivity contribution in [3.05, 3.63) is 102 Å². The molecule has 0 fully saturated rings. The molecule has 0 saturated heterocycles. The van der Waals surface area contributed by atoms with Crippen molar-refractivity contribution in [1.29, 1.82) is 0 Å². The number of carbonyl (C=O) groups excluding carboxylic acids is 2. The second kappa shape index (κ2) is 14.1. The van der Waals surface area contributed by atoms with Gasteiger partial charge in [0.25, 0.3) is 5.89 Å². The first kappa shape index (κ1) is 27.0. The Morgan fingerprint density at radius 2 is 1.46 bits per heavy atom. The highest BCUT2D eigenvalue weighted by Gasteiger charge is 2.26. The highest BCUT2D eigenvalue weighted by molar-refractivity contribution is 8.03. The number of hydrogen-bond acceptors (Lipinski definition) is 6. The predicted octanol–water partition coefficient (Wildman–Crippen LogP) is 6.92. The number of thioether (sulfide) groups is 2. The molecular weight excluding hydrogens is 500 g/mol. The molecule has 1 heterocycles. The van der Waals surface area contributed by atoms with Crippen LogP contribution >= 0.6 is 23.5 Å². The number of ketones is 1. The first-order chi connectivity index (χ1) is 18.1. The number of carbonyl (C=O) groups is 2. The van der Waals surface area contributed by atoms with E-state index in [4.69, 9.17) is 4.42 Å². The summed E-state index contributed by atoms with van der Waals surface area (Å²) < 4.78 is 5.57. The molecule has 1 N–H and O–H groups in total. The Balaban J connectivity index is 1.25. The van der Waals surface area contributed by atoms with Crippen LogP contribution in [0.2, 0.25) is 0 Å². The maximum Gasteiger partial charge on any atom is 0.264 e. The summed E-state index contributed by atoms with van der Waals surface area (Å²) in [6.07, 6.45) is 1.73. The molecule has 0 saturated carbocycles. The SMILES string of the molecule is CC(SCc1ccccc1)C(SCc1ccccc1)C(=O)NCCCCC(=O)c1nc2ccccc2o1. The molecule has 2 atom stereocenters. The summed E-state index contributed by atoms with van der Waals surface area (Å²) in [6.45, 7) is 2.67. The Hall–Kier alpha value is -3.03. The molecule has 5 nitrogen and oxygen atoms in total. The molecule has 0 spiro atoms. The largest absolute Gasteiger partial charge is 0.434 e. The number of rotatable bonds is 14.